The fourth-order valence-electron chi connectivity index (χ4n) is 0.854. The molecule has 0 spiro atoms. The van der Waals surface area contributed by atoms with Gasteiger partial charge in [0.2, 0.25) is 0 Å². The normalized spacial score (nSPS) is 12.6. The van der Waals surface area contributed by atoms with Crippen molar-refractivity contribution in [2.75, 3.05) is 6.61 Å². The molecule has 0 aliphatic heterocycles. The number of carbonyl (C=O) groups is 1. The van der Waals surface area contributed by atoms with Gasteiger partial charge in [0.05, 0.1) is 0 Å². The first kappa shape index (κ1) is 18.1. The van der Waals surface area contributed by atoms with E-state index in [1.165, 1.54) is 0 Å². The van der Waals surface area contributed by atoms with Crippen LogP contribution >= 0.6 is 7.82 Å². The van der Waals surface area contributed by atoms with Gasteiger partial charge in [0.25, 0.3) is 0 Å². The van der Waals surface area contributed by atoms with Crippen LogP contribution in [0.5, 0.6) is 0 Å². The third kappa shape index (κ3) is 19.3. The van der Waals surface area contributed by atoms with E-state index in [9.17, 15) is 4.79 Å². The molecule has 0 amide bonds. The molecule has 0 aliphatic rings. The number of rotatable bonds is 6. The Hall–Kier alpha value is -0.300. The highest BCUT2D eigenvalue weighted by atomic mass is 31.2. The molecule has 0 radical (unpaired) electrons. The summed E-state index contributed by atoms with van der Waals surface area (Å²) >= 11 is 0. The molecular formula is C8H19O7P. The first-order valence-electron chi connectivity index (χ1n) is 4.82. The number of hydrogen-bond donors (Lipinski definition) is 5. The Labute approximate surface area is 94.0 Å². The first-order valence-corrected chi connectivity index (χ1v) is 6.38. The molecule has 8 heteroatoms. The summed E-state index contributed by atoms with van der Waals surface area (Å²) in [6.07, 6.45) is 2.47. The van der Waals surface area contributed by atoms with Crippen molar-refractivity contribution < 1.29 is 34.3 Å². The summed E-state index contributed by atoms with van der Waals surface area (Å²) in [6, 6.07) is 0. The number of ketones is 1. The molecule has 16 heavy (non-hydrogen) atoms. The molecule has 1 atom stereocenters. The standard InChI is InChI=1S/C8H16O3.H3O4P/c1-2-3-4-5-7(10)8(11)6-9;1-5(2,3)4/h7,9-10H,2-6H2,1H3;(H3,1,2,3,4). The van der Waals surface area contributed by atoms with Crippen molar-refractivity contribution in [2.45, 2.75) is 38.7 Å². The van der Waals surface area contributed by atoms with Gasteiger partial charge in [0, 0.05) is 0 Å². The van der Waals surface area contributed by atoms with Crippen molar-refractivity contribution in [3.8, 4) is 0 Å². The number of Topliss-reactive ketones (excluding diaryl/α,β-unsaturated/α-hetero) is 1. The number of phosphoric acid groups is 1. The average molecular weight is 258 g/mol. The van der Waals surface area contributed by atoms with Crippen molar-refractivity contribution >= 4 is 13.6 Å². The largest absolute Gasteiger partial charge is 0.466 e. The van der Waals surface area contributed by atoms with Crippen molar-refractivity contribution in [1.82, 2.24) is 0 Å². The van der Waals surface area contributed by atoms with Crippen LogP contribution in [0.4, 0.5) is 0 Å². The topological polar surface area (TPSA) is 135 Å². The zero-order valence-corrected chi connectivity index (χ0v) is 10.0. The van der Waals surface area contributed by atoms with Crippen LogP contribution in [0.2, 0.25) is 0 Å². The molecule has 7 nitrogen and oxygen atoms in total. The van der Waals surface area contributed by atoms with Gasteiger partial charge >= 0.3 is 7.82 Å². The van der Waals surface area contributed by atoms with Gasteiger partial charge in [-0.25, -0.2) is 4.57 Å². The summed E-state index contributed by atoms with van der Waals surface area (Å²) in [7, 11) is -4.64. The molecule has 0 aromatic heterocycles. The molecule has 0 aromatic carbocycles. The minimum Gasteiger partial charge on any atom is -0.388 e. The molecule has 0 heterocycles. The van der Waals surface area contributed by atoms with Gasteiger partial charge in [0.15, 0.2) is 5.78 Å². The van der Waals surface area contributed by atoms with E-state index in [-0.39, 0.29) is 0 Å². The molecule has 0 aliphatic carbocycles. The summed E-state index contributed by atoms with van der Waals surface area (Å²) in [5, 5.41) is 17.4. The summed E-state index contributed by atoms with van der Waals surface area (Å²) in [6.45, 7) is 1.51. The fourth-order valence-corrected chi connectivity index (χ4v) is 0.854. The van der Waals surface area contributed by atoms with Crippen LogP contribution in [0, 0.1) is 0 Å². The number of carbonyl (C=O) groups excluding carboxylic acids is 1. The Morgan fingerprint density at radius 3 is 2.00 bits per heavy atom. The van der Waals surface area contributed by atoms with Gasteiger partial charge in [-0.1, -0.05) is 26.2 Å². The molecule has 98 valence electrons. The molecule has 0 fully saturated rings. The van der Waals surface area contributed by atoms with E-state index in [0.717, 1.165) is 19.3 Å². The molecule has 0 rings (SSSR count). The van der Waals surface area contributed by atoms with Crippen LogP contribution in [0.3, 0.4) is 0 Å². The maximum atomic E-state index is 10.6. The van der Waals surface area contributed by atoms with Crippen LogP contribution in [-0.4, -0.2) is 43.4 Å². The van der Waals surface area contributed by atoms with Gasteiger partial charge in [-0.3, -0.25) is 4.79 Å². The lowest BCUT2D eigenvalue weighted by atomic mass is 10.1. The van der Waals surface area contributed by atoms with E-state index in [0.29, 0.717) is 6.42 Å². The molecule has 0 saturated carbocycles. The smallest absolute Gasteiger partial charge is 0.388 e. The van der Waals surface area contributed by atoms with Crippen molar-refractivity contribution in [3.05, 3.63) is 0 Å². The van der Waals surface area contributed by atoms with Crippen LogP contribution in [0.25, 0.3) is 0 Å². The van der Waals surface area contributed by atoms with E-state index < -0.39 is 26.3 Å². The van der Waals surface area contributed by atoms with Crippen LogP contribution in [-0.2, 0) is 9.36 Å². The van der Waals surface area contributed by atoms with Crippen LogP contribution in [0.15, 0.2) is 0 Å². The molecule has 0 bridgehead atoms. The highest BCUT2D eigenvalue weighted by Crippen LogP contribution is 2.25. The van der Waals surface area contributed by atoms with Crippen molar-refractivity contribution in [3.63, 3.8) is 0 Å². The minimum atomic E-state index is -4.64. The third-order valence-electron chi connectivity index (χ3n) is 1.61. The Bertz CT molecular complexity index is 216. The monoisotopic (exact) mass is 258 g/mol. The Morgan fingerprint density at radius 2 is 1.69 bits per heavy atom. The van der Waals surface area contributed by atoms with Crippen LogP contribution in [0.1, 0.15) is 32.6 Å². The number of aliphatic hydroxyl groups is 2. The van der Waals surface area contributed by atoms with Crippen LogP contribution < -0.4 is 0 Å². The van der Waals surface area contributed by atoms with E-state index in [1.807, 2.05) is 0 Å². The lowest BCUT2D eigenvalue weighted by Crippen LogP contribution is -2.23. The fraction of sp³-hybridized carbons (Fsp3) is 0.875. The van der Waals surface area contributed by atoms with Gasteiger partial charge in [-0.05, 0) is 6.42 Å². The minimum absolute atomic E-state index is 0.471. The second kappa shape index (κ2) is 9.89. The highest BCUT2D eigenvalue weighted by Gasteiger charge is 2.11. The number of hydrogen-bond acceptors (Lipinski definition) is 4. The summed E-state index contributed by atoms with van der Waals surface area (Å²) in [4.78, 5) is 32.2. The summed E-state index contributed by atoms with van der Waals surface area (Å²) < 4.78 is 8.88. The maximum absolute atomic E-state index is 10.6. The molecule has 5 N–H and O–H groups in total. The summed E-state index contributed by atoms with van der Waals surface area (Å²) in [5.74, 6) is -0.471. The lowest BCUT2D eigenvalue weighted by Gasteiger charge is -2.05. The van der Waals surface area contributed by atoms with Gasteiger partial charge in [-0.15, -0.1) is 0 Å². The maximum Gasteiger partial charge on any atom is 0.466 e. The predicted molar refractivity (Wildman–Crippen MR) is 56.5 cm³/mol. The molecule has 1 unspecified atom stereocenters. The number of unbranched alkanes of at least 4 members (excludes halogenated alkanes) is 2. The van der Waals surface area contributed by atoms with Gasteiger partial charge in [-0.2, -0.15) is 0 Å². The quantitative estimate of drug-likeness (QED) is 0.322. The average Bonchev–Trinajstić information content (AvgIpc) is 2.14. The second-order valence-electron chi connectivity index (χ2n) is 3.15. The Morgan fingerprint density at radius 1 is 1.25 bits per heavy atom. The Kier molecular flexibility index (Phi) is 11.2. The zero-order chi connectivity index (χ0) is 13.2. The highest BCUT2D eigenvalue weighted by molar-refractivity contribution is 7.45. The van der Waals surface area contributed by atoms with Gasteiger partial charge < -0.3 is 24.9 Å². The SMILES string of the molecule is CCCCCC(O)C(=O)CO.O=P(O)(O)O. The van der Waals surface area contributed by atoms with Crippen molar-refractivity contribution in [1.29, 1.82) is 0 Å². The van der Waals surface area contributed by atoms with Crippen molar-refractivity contribution in [2.24, 2.45) is 0 Å². The van der Waals surface area contributed by atoms with E-state index in [2.05, 4.69) is 6.92 Å². The van der Waals surface area contributed by atoms with E-state index in [4.69, 9.17) is 29.5 Å². The molecule has 0 aromatic rings. The zero-order valence-electron chi connectivity index (χ0n) is 9.11. The Balaban J connectivity index is 0. The first-order chi connectivity index (χ1) is 7.22. The second-order valence-corrected chi connectivity index (χ2v) is 4.18. The summed E-state index contributed by atoms with van der Waals surface area (Å²) in [5.41, 5.74) is 0. The predicted octanol–water partition coefficient (Wildman–Crippen LogP) is -0.440. The third-order valence-corrected chi connectivity index (χ3v) is 1.61. The van der Waals surface area contributed by atoms with Gasteiger partial charge in [0.1, 0.15) is 12.7 Å². The lowest BCUT2D eigenvalue weighted by molar-refractivity contribution is -0.130. The van der Waals surface area contributed by atoms with E-state index >= 15 is 0 Å². The molecule has 0 saturated heterocycles. The number of aliphatic hydroxyl groups excluding tert-OH is 2. The van der Waals surface area contributed by atoms with E-state index in [1.54, 1.807) is 0 Å². The molecular weight excluding hydrogens is 239 g/mol.